The van der Waals surface area contributed by atoms with Gasteiger partial charge in [0.1, 0.15) is 5.75 Å². The number of amides is 1. The van der Waals surface area contributed by atoms with E-state index in [1.165, 1.54) is 18.2 Å². The largest absolute Gasteiger partial charge is 0.494 e. The summed E-state index contributed by atoms with van der Waals surface area (Å²) in [5, 5.41) is 13.3. The van der Waals surface area contributed by atoms with Gasteiger partial charge >= 0.3 is 6.18 Å². The lowest BCUT2D eigenvalue weighted by molar-refractivity contribution is -0.137. The zero-order valence-corrected chi connectivity index (χ0v) is 21.5. The molecule has 0 aliphatic rings. The van der Waals surface area contributed by atoms with Crippen LogP contribution in [0.1, 0.15) is 18.1 Å². The Balaban J connectivity index is 1.52. The maximum atomic E-state index is 13.1. The highest BCUT2D eigenvalue weighted by Crippen LogP contribution is 2.31. The number of thioether (sulfide) groups is 1. The van der Waals surface area contributed by atoms with E-state index < -0.39 is 17.6 Å². The normalized spacial score (nSPS) is 11.6. The molecule has 0 saturated carbocycles. The van der Waals surface area contributed by atoms with Gasteiger partial charge in [-0.05, 0) is 61.5 Å². The molecule has 0 atom stereocenters. The minimum atomic E-state index is -4.53. The van der Waals surface area contributed by atoms with Gasteiger partial charge in [0.05, 0.1) is 24.1 Å². The quantitative estimate of drug-likeness (QED) is 0.149. The van der Waals surface area contributed by atoms with Crippen LogP contribution in [-0.4, -0.2) is 39.2 Å². The fraction of sp³-hybridized carbons (Fsp3) is 0.154. The van der Waals surface area contributed by atoms with Gasteiger partial charge in [-0.15, -0.1) is 10.2 Å². The molecule has 4 rings (SSSR count). The highest BCUT2D eigenvalue weighted by Gasteiger charge is 2.32. The SMILES string of the molecule is CCOc1ccc(-n2c(SCC(=O)N/N=C\c3ccccc3C(F)(F)F)nnc2-c2ccc(Cl)cc2)cc1. The second-order valence-corrected chi connectivity index (χ2v) is 9.12. The Morgan fingerprint density at radius 1 is 1.08 bits per heavy atom. The van der Waals surface area contributed by atoms with E-state index in [1.807, 2.05) is 43.3 Å². The molecule has 1 amide bonds. The highest BCUT2D eigenvalue weighted by molar-refractivity contribution is 7.99. The third kappa shape index (κ3) is 6.73. The van der Waals surface area contributed by atoms with Crippen molar-refractivity contribution in [2.45, 2.75) is 18.3 Å². The van der Waals surface area contributed by atoms with Crippen molar-refractivity contribution >= 4 is 35.5 Å². The van der Waals surface area contributed by atoms with Crippen LogP contribution in [0.15, 0.2) is 83.1 Å². The van der Waals surface area contributed by atoms with E-state index in [0.717, 1.165) is 35.3 Å². The molecule has 1 N–H and O–H groups in total. The van der Waals surface area contributed by atoms with Gasteiger partial charge in [-0.25, -0.2) is 5.43 Å². The molecule has 0 unspecified atom stereocenters. The number of alkyl halides is 3. The molecule has 38 heavy (non-hydrogen) atoms. The van der Waals surface area contributed by atoms with E-state index in [0.29, 0.717) is 28.4 Å². The van der Waals surface area contributed by atoms with Crippen molar-refractivity contribution in [1.82, 2.24) is 20.2 Å². The molecule has 0 bridgehead atoms. The van der Waals surface area contributed by atoms with Gasteiger partial charge < -0.3 is 4.74 Å². The van der Waals surface area contributed by atoms with E-state index in [2.05, 4.69) is 20.7 Å². The maximum Gasteiger partial charge on any atom is 0.417 e. The molecule has 1 aromatic heterocycles. The Bertz CT molecular complexity index is 1420. The van der Waals surface area contributed by atoms with Crippen molar-refractivity contribution in [1.29, 1.82) is 0 Å². The molecule has 0 spiro atoms. The average Bonchev–Trinajstić information content (AvgIpc) is 3.32. The van der Waals surface area contributed by atoms with Gasteiger partial charge in [0.25, 0.3) is 5.91 Å². The molecule has 12 heteroatoms. The predicted molar refractivity (Wildman–Crippen MR) is 141 cm³/mol. The number of rotatable bonds is 9. The molecule has 0 saturated heterocycles. The number of hydrogen-bond acceptors (Lipinski definition) is 6. The molecule has 0 aliphatic heterocycles. The second-order valence-electron chi connectivity index (χ2n) is 7.74. The molecular formula is C26H21ClF3N5O2S. The summed E-state index contributed by atoms with van der Waals surface area (Å²) in [5.41, 5.74) is 2.77. The lowest BCUT2D eigenvalue weighted by Crippen LogP contribution is -2.20. The first-order valence-corrected chi connectivity index (χ1v) is 12.7. The summed E-state index contributed by atoms with van der Waals surface area (Å²) in [6.45, 7) is 2.42. The minimum absolute atomic E-state index is 0.103. The third-order valence-electron chi connectivity index (χ3n) is 5.13. The Kier molecular flexibility index (Phi) is 8.70. The average molecular weight is 560 g/mol. The Hall–Kier alpha value is -3.83. The summed E-state index contributed by atoms with van der Waals surface area (Å²) in [5.74, 6) is 0.616. The number of benzene rings is 3. The van der Waals surface area contributed by atoms with Crippen LogP contribution in [0.25, 0.3) is 17.1 Å². The number of hydrazone groups is 1. The number of nitrogens with zero attached hydrogens (tertiary/aromatic N) is 4. The van der Waals surface area contributed by atoms with Crippen molar-refractivity contribution in [3.05, 3.63) is 88.9 Å². The van der Waals surface area contributed by atoms with Gasteiger partial charge in [0.15, 0.2) is 11.0 Å². The van der Waals surface area contributed by atoms with Crippen molar-refractivity contribution in [3.63, 3.8) is 0 Å². The molecule has 3 aromatic carbocycles. The summed E-state index contributed by atoms with van der Waals surface area (Å²) < 4.78 is 46.7. The summed E-state index contributed by atoms with van der Waals surface area (Å²) >= 11 is 7.13. The van der Waals surface area contributed by atoms with Gasteiger partial charge in [0, 0.05) is 21.8 Å². The number of ether oxygens (including phenoxy) is 1. The van der Waals surface area contributed by atoms with Crippen LogP contribution >= 0.6 is 23.4 Å². The molecule has 0 radical (unpaired) electrons. The van der Waals surface area contributed by atoms with Crippen LogP contribution in [0.4, 0.5) is 13.2 Å². The van der Waals surface area contributed by atoms with Gasteiger partial charge in [-0.2, -0.15) is 18.3 Å². The second kappa shape index (κ2) is 12.1. The minimum Gasteiger partial charge on any atom is -0.494 e. The topological polar surface area (TPSA) is 81.4 Å². The van der Waals surface area contributed by atoms with Crippen molar-refractivity contribution in [2.75, 3.05) is 12.4 Å². The van der Waals surface area contributed by atoms with Crippen LogP contribution < -0.4 is 10.2 Å². The number of carbonyl (C=O) groups excluding carboxylic acids is 1. The fourth-order valence-electron chi connectivity index (χ4n) is 3.44. The Morgan fingerprint density at radius 2 is 1.79 bits per heavy atom. The van der Waals surface area contributed by atoms with Crippen LogP contribution in [0.3, 0.4) is 0 Å². The molecule has 196 valence electrons. The first-order valence-electron chi connectivity index (χ1n) is 11.3. The van der Waals surface area contributed by atoms with Gasteiger partial charge in [-0.3, -0.25) is 9.36 Å². The number of hydrogen-bond donors (Lipinski definition) is 1. The van der Waals surface area contributed by atoms with E-state index in [9.17, 15) is 18.0 Å². The molecule has 1 heterocycles. The Morgan fingerprint density at radius 3 is 2.47 bits per heavy atom. The first kappa shape index (κ1) is 27.2. The third-order valence-corrected chi connectivity index (χ3v) is 6.31. The van der Waals surface area contributed by atoms with Crippen molar-refractivity contribution in [3.8, 4) is 22.8 Å². The van der Waals surface area contributed by atoms with E-state index >= 15 is 0 Å². The summed E-state index contributed by atoms with van der Waals surface area (Å²) in [4.78, 5) is 12.4. The first-order chi connectivity index (χ1) is 18.3. The summed E-state index contributed by atoms with van der Waals surface area (Å²) in [6.07, 6.45) is -3.57. The van der Waals surface area contributed by atoms with Crippen LogP contribution in [0.2, 0.25) is 5.02 Å². The van der Waals surface area contributed by atoms with E-state index in [-0.39, 0.29) is 11.3 Å². The molecule has 7 nitrogen and oxygen atoms in total. The van der Waals surface area contributed by atoms with E-state index in [1.54, 1.807) is 16.7 Å². The zero-order valence-electron chi connectivity index (χ0n) is 19.9. The van der Waals surface area contributed by atoms with Crippen LogP contribution in [-0.2, 0) is 11.0 Å². The van der Waals surface area contributed by atoms with Gasteiger partial charge in [-0.1, -0.05) is 41.6 Å². The number of nitrogens with one attached hydrogen (secondary N) is 1. The molecule has 0 aliphatic carbocycles. The van der Waals surface area contributed by atoms with Crippen LogP contribution in [0.5, 0.6) is 5.75 Å². The lowest BCUT2D eigenvalue weighted by Gasteiger charge is -2.11. The van der Waals surface area contributed by atoms with Gasteiger partial charge in [0.2, 0.25) is 0 Å². The number of carbonyl (C=O) groups is 1. The molecule has 4 aromatic rings. The number of halogens is 4. The standard InChI is InChI=1S/C26H21ClF3N5O2S/c1-2-37-21-13-11-20(12-14-21)35-24(17-7-9-19(27)10-8-17)33-34-25(35)38-16-23(36)32-31-15-18-5-3-4-6-22(18)26(28,29)30/h3-15H,2,16H2,1H3,(H,32,36)/b31-15-. The van der Waals surface area contributed by atoms with Crippen LogP contribution in [0, 0.1) is 0 Å². The fourth-order valence-corrected chi connectivity index (χ4v) is 4.31. The number of aromatic nitrogens is 3. The maximum absolute atomic E-state index is 13.1. The summed E-state index contributed by atoms with van der Waals surface area (Å²) in [6, 6.07) is 19.4. The van der Waals surface area contributed by atoms with Crippen molar-refractivity contribution < 1.29 is 22.7 Å². The predicted octanol–water partition coefficient (Wildman–Crippen LogP) is 6.25. The van der Waals surface area contributed by atoms with E-state index in [4.69, 9.17) is 16.3 Å². The summed E-state index contributed by atoms with van der Waals surface area (Å²) in [7, 11) is 0. The molecule has 0 fully saturated rings. The lowest BCUT2D eigenvalue weighted by atomic mass is 10.1. The monoisotopic (exact) mass is 559 g/mol. The molecular weight excluding hydrogens is 539 g/mol. The Labute approximate surface area is 225 Å². The highest BCUT2D eigenvalue weighted by atomic mass is 35.5. The van der Waals surface area contributed by atoms with Crippen molar-refractivity contribution in [2.24, 2.45) is 5.10 Å². The zero-order chi connectivity index (χ0) is 27.1. The smallest absolute Gasteiger partial charge is 0.417 e.